The van der Waals surface area contributed by atoms with Crippen molar-refractivity contribution in [1.82, 2.24) is 5.16 Å². The Morgan fingerprint density at radius 2 is 1.86 bits per heavy atom. The van der Waals surface area contributed by atoms with E-state index in [1.54, 1.807) is 0 Å². The van der Waals surface area contributed by atoms with Crippen LogP contribution < -0.4 is 11.1 Å². The van der Waals surface area contributed by atoms with E-state index in [1.165, 1.54) is 12.1 Å². The van der Waals surface area contributed by atoms with E-state index in [1.807, 2.05) is 30.3 Å². The van der Waals surface area contributed by atoms with Gasteiger partial charge in [-0.15, -0.1) is 0 Å². The van der Waals surface area contributed by atoms with Crippen LogP contribution in [0.15, 0.2) is 56.8 Å². The van der Waals surface area contributed by atoms with Gasteiger partial charge in [0, 0.05) is 12.1 Å². The van der Waals surface area contributed by atoms with E-state index in [0.29, 0.717) is 5.55 Å². The van der Waals surface area contributed by atoms with Gasteiger partial charge in [0.2, 0.25) is 5.55 Å². The molecule has 0 radical (unpaired) electrons. The van der Waals surface area contributed by atoms with Crippen molar-refractivity contribution >= 4 is 5.69 Å². The Bertz CT molecular complexity index is 502. The number of benzene rings is 1. The van der Waals surface area contributed by atoms with Gasteiger partial charge >= 0.3 is 0 Å². The third-order valence-electron chi connectivity index (χ3n) is 1.63. The number of para-hydroxylation sites is 1. The Morgan fingerprint density at radius 1 is 1.07 bits per heavy atom. The first kappa shape index (κ1) is 8.50. The van der Waals surface area contributed by atoms with E-state index in [2.05, 4.69) is 10.1 Å². The van der Waals surface area contributed by atoms with Gasteiger partial charge in [0.1, 0.15) is 0 Å². The molecule has 0 aliphatic heterocycles. The summed E-state index contributed by atoms with van der Waals surface area (Å²) in [6, 6.07) is 12.2. The summed E-state index contributed by atoms with van der Waals surface area (Å²) in [6.07, 6.45) is 0. The molecule has 0 spiro atoms. The standard InChI is InChI=1S/C10H8N2O2/c13-9-6-7-10(14-12-9)11-8-4-2-1-3-5-8/h1-7H,(H,12,13). The smallest absolute Gasteiger partial charge is 0.276 e. The summed E-state index contributed by atoms with van der Waals surface area (Å²) in [5.74, 6) is 0. The molecule has 0 bridgehead atoms. The van der Waals surface area contributed by atoms with Crippen LogP contribution in [0.5, 0.6) is 0 Å². The highest BCUT2D eigenvalue weighted by Gasteiger charge is 1.87. The fourth-order valence-electron chi connectivity index (χ4n) is 1.01. The first-order valence-corrected chi connectivity index (χ1v) is 4.13. The zero-order valence-electron chi connectivity index (χ0n) is 7.31. The number of nitrogens with zero attached hydrogens (tertiary/aromatic N) is 1. The molecule has 0 aliphatic carbocycles. The highest BCUT2D eigenvalue weighted by molar-refractivity contribution is 5.35. The van der Waals surface area contributed by atoms with Crippen molar-refractivity contribution in [2.75, 3.05) is 0 Å². The van der Waals surface area contributed by atoms with E-state index < -0.39 is 0 Å². The minimum absolute atomic E-state index is 0.281. The molecule has 1 aromatic heterocycles. The molecule has 4 heteroatoms. The summed E-state index contributed by atoms with van der Waals surface area (Å²) in [4.78, 5) is 14.8. The lowest BCUT2D eigenvalue weighted by Crippen LogP contribution is -2.10. The maximum Gasteiger partial charge on any atom is 0.276 e. The summed E-state index contributed by atoms with van der Waals surface area (Å²) in [6.45, 7) is 0. The number of aromatic nitrogens is 1. The second kappa shape index (κ2) is 3.74. The Labute approximate surface area is 79.5 Å². The average Bonchev–Trinajstić information content (AvgIpc) is 2.23. The van der Waals surface area contributed by atoms with Gasteiger partial charge in [-0.3, -0.25) is 4.79 Å². The predicted molar refractivity (Wildman–Crippen MR) is 51.0 cm³/mol. The van der Waals surface area contributed by atoms with Crippen LogP contribution in [0.25, 0.3) is 0 Å². The summed E-state index contributed by atoms with van der Waals surface area (Å²) >= 11 is 0. The van der Waals surface area contributed by atoms with Gasteiger partial charge in [-0.2, -0.15) is 5.16 Å². The number of nitrogens with one attached hydrogen (secondary N) is 1. The van der Waals surface area contributed by atoms with Crippen LogP contribution in [-0.4, -0.2) is 5.16 Å². The quantitative estimate of drug-likeness (QED) is 0.731. The number of aromatic amines is 1. The molecule has 0 amide bonds. The van der Waals surface area contributed by atoms with Gasteiger partial charge in [-0.1, -0.05) is 18.2 Å². The van der Waals surface area contributed by atoms with Crippen LogP contribution in [0.4, 0.5) is 5.69 Å². The molecule has 1 aromatic carbocycles. The largest absolute Gasteiger partial charge is 0.359 e. The molecule has 0 saturated carbocycles. The highest BCUT2D eigenvalue weighted by Crippen LogP contribution is 2.07. The molecule has 0 unspecified atom stereocenters. The Morgan fingerprint density at radius 3 is 2.50 bits per heavy atom. The zero-order chi connectivity index (χ0) is 9.80. The maximum atomic E-state index is 10.7. The third-order valence-corrected chi connectivity index (χ3v) is 1.63. The minimum atomic E-state index is -0.281. The molecule has 2 rings (SSSR count). The highest BCUT2D eigenvalue weighted by atomic mass is 16.5. The number of H-pyrrole nitrogens is 1. The van der Waals surface area contributed by atoms with Crippen molar-refractivity contribution in [1.29, 1.82) is 0 Å². The molecule has 0 fully saturated rings. The monoisotopic (exact) mass is 188 g/mol. The lowest BCUT2D eigenvalue weighted by atomic mass is 10.3. The molecule has 0 aliphatic rings. The van der Waals surface area contributed by atoms with Crippen LogP contribution in [0.2, 0.25) is 0 Å². The SMILES string of the molecule is O=c1ccc(=Nc2ccccc2)o[nH]1. The van der Waals surface area contributed by atoms with Gasteiger partial charge in [0.25, 0.3) is 5.56 Å². The molecule has 4 nitrogen and oxygen atoms in total. The predicted octanol–water partition coefficient (Wildman–Crippen LogP) is 1.20. The fraction of sp³-hybridized carbons (Fsp3) is 0. The van der Waals surface area contributed by atoms with Gasteiger partial charge in [-0.05, 0) is 12.1 Å². The van der Waals surface area contributed by atoms with Crippen molar-refractivity contribution in [3.05, 3.63) is 58.4 Å². The third kappa shape index (κ3) is 1.98. The Hall–Kier alpha value is -2.10. The van der Waals surface area contributed by atoms with Crippen molar-refractivity contribution in [3.8, 4) is 0 Å². The summed E-state index contributed by atoms with van der Waals surface area (Å²) < 4.78 is 4.86. The first-order chi connectivity index (χ1) is 6.84. The molecular formula is C10H8N2O2. The molecule has 0 atom stereocenters. The van der Waals surface area contributed by atoms with E-state index in [9.17, 15) is 4.79 Å². The van der Waals surface area contributed by atoms with Crippen LogP contribution in [0.3, 0.4) is 0 Å². The molecule has 1 heterocycles. The molecule has 14 heavy (non-hydrogen) atoms. The number of rotatable bonds is 1. The summed E-state index contributed by atoms with van der Waals surface area (Å²) in [5.41, 5.74) is 0.871. The maximum absolute atomic E-state index is 10.7. The van der Waals surface area contributed by atoms with Gasteiger partial charge in [0.15, 0.2) is 0 Å². The number of hydrogen-bond donors (Lipinski definition) is 1. The minimum Gasteiger partial charge on any atom is -0.359 e. The molecule has 0 saturated heterocycles. The molecular weight excluding hydrogens is 180 g/mol. The lowest BCUT2D eigenvalue weighted by Gasteiger charge is -1.89. The van der Waals surface area contributed by atoms with E-state index >= 15 is 0 Å². The van der Waals surface area contributed by atoms with Gasteiger partial charge in [-0.25, -0.2) is 4.99 Å². The second-order valence-corrected chi connectivity index (χ2v) is 2.69. The van der Waals surface area contributed by atoms with E-state index in [0.717, 1.165) is 5.69 Å². The van der Waals surface area contributed by atoms with Crippen molar-refractivity contribution in [2.24, 2.45) is 4.99 Å². The second-order valence-electron chi connectivity index (χ2n) is 2.69. The van der Waals surface area contributed by atoms with Crippen LogP contribution in [0.1, 0.15) is 0 Å². The fourth-order valence-corrected chi connectivity index (χ4v) is 1.01. The van der Waals surface area contributed by atoms with Crippen LogP contribution in [-0.2, 0) is 0 Å². The van der Waals surface area contributed by atoms with Crippen molar-refractivity contribution in [2.45, 2.75) is 0 Å². The Balaban J connectivity index is 2.45. The first-order valence-electron chi connectivity index (χ1n) is 4.13. The Kier molecular flexibility index (Phi) is 2.27. The summed E-state index contributed by atoms with van der Waals surface area (Å²) in [7, 11) is 0. The average molecular weight is 188 g/mol. The van der Waals surface area contributed by atoms with Crippen molar-refractivity contribution in [3.63, 3.8) is 0 Å². The molecule has 1 N–H and O–H groups in total. The lowest BCUT2D eigenvalue weighted by molar-refractivity contribution is 0.352. The molecule has 70 valence electrons. The van der Waals surface area contributed by atoms with E-state index in [4.69, 9.17) is 4.52 Å². The zero-order valence-corrected chi connectivity index (χ0v) is 7.31. The van der Waals surface area contributed by atoms with Crippen LogP contribution in [0, 0.1) is 0 Å². The van der Waals surface area contributed by atoms with Gasteiger partial charge < -0.3 is 4.52 Å². The van der Waals surface area contributed by atoms with Gasteiger partial charge in [0.05, 0.1) is 5.69 Å². The molecule has 2 aromatic rings. The van der Waals surface area contributed by atoms with Crippen molar-refractivity contribution < 1.29 is 4.52 Å². The van der Waals surface area contributed by atoms with Crippen LogP contribution >= 0.6 is 0 Å². The number of hydrogen-bond acceptors (Lipinski definition) is 3. The van der Waals surface area contributed by atoms with E-state index in [-0.39, 0.29) is 5.56 Å². The topological polar surface area (TPSA) is 58.4 Å². The summed E-state index contributed by atoms with van der Waals surface area (Å²) in [5, 5.41) is 2.20. The normalized spacial score (nSPS) is 11.6.